The number of imidazole rings is 2. The van der Waals surface area contributed by atoms with Gasteiger partial charge in [-0.25, -0.2) is 36.4 Å². The number of carboxylic acid groups (broad SMARTS) is 1. The molecule has 31 heteroatoms. The van der Waals surface area contributed by atoms with Crippen molar-refractivity contribution < 1.29 is 79.2 Å². The fourth-order valence-corrected chi connectivity index (χ4v) is 16.9. The number of aliphatic carboxylic acids is 1. The number of benzene rings is 4. The molecule has 6 heterocycles. The zero-order chi connectivity index (χ0) is 79.2. The lowest BCUT2D eigenvalue weighted by Gasteiger charge is -2.30. The molecule has 8 aliphatic rings. The number of allylic oxidation sites excluding steroid dienone is 2. The molecule has 10 atom stereocenters. The van der Waals surface area contributed by atoms with E-state index >= 15 is 0 Å². The topological polar surface area (TPSA) is 390 Å². The first-order valence-electron chi connectivity index (χ1n) is 38.5. The number of ether oxygens (including phenoxy) is 4. The van der Waals surface area contributed by atoms with Crippen LogP contribution in [0.15, 0.2) is 133 Å². The van der Waals surface area contributed by atoms with Gasteiger partial charge in [-0.2, -0.15) is 9.97 Å². The minimum absolute atomic E-state index is 0.00342. The first kappa shape index (κ1) is 80.6. The molecule has 0 bridgehead atoms. The zero-order valence-electron chi connectivity index (χ0n) is 63.6. The van der Waals surface area contributed by atoms with Gasteiger partial charge in [0.05, 0.1) is 58.7 Å². The SMILES string of the molecule is CC(C)(C)OC(=O)N[C@H]1CCCCC/C=C\[C@@H]2C[C@@]2(C(=O)NS(=O)(=O)C2CC2)NC(=O)[C@@H]2C[C@@H](Oc3nc4ccccc4n3Cc3ccccc3)CN2C1=O.CC(C)(C)OC(=O)N[C@H]1CCCCC/C=C\[C@@H]2C[C@@]2(C(=O)O)NC(=O)[C@@H]2C[C@@H](Oc3nc4ccccc4n3Cc3ccccc3)CN2C1=O.NS(=O)(=O)C1CC1. The average Bonchev–Trinajstić information content (AvgIpc) is 1.58. The predicted octanol–water partition coefficient (Wildman–Crippen LogP) is 8.57. The van der Waals surface area contributed by atoms with Gasteiger partial charge in [0.1, 0.15) is 58.7 Å². The maximum absolute atomic E-state index is 14.6. The van der Waals surface area contributed by atoms with Gasteiger partial charge >= 0.3 is 18.2 Å². The molecule has 4 saturated carbocycles. The maximum atomic E-state index is 14.6. The zero-order valence-corrected chi connectivity index (χ0v) is 65.2. The van der Waals surface area contributed by atoms with E-state index in [4.69, 9.17) is 34.1 Å². The number of fused-ring (bicyclic) bond motifs is 6. The van der Waals surface area contributed by atoms with Crippen LogP contribution >= 0.6 is 0 Å². The third kappa shape index (κ3) is 20.4. The van der Waals surface area contributed by atoms with Crippen LogP contribution in [-0.2, 0) is 71.4 Å². The molecule has 4 aromatic carbocycles. The number of aromatic nitrogens is 4. The van der Waals surface area contributed by atoms with Gasteiger partial charge in [0.15, 0.2) is 0 Å². The number of carbonyl (C=O) groups excluding carboxylic acids is 7. The number of nitrogens with zero attached hydrogens (tertiary/aromatic N) is 6. The molecule has 2 aromatic heterocycles. The van der Waals surface area contributed by atoms with Crippen molar-refractivity contribution in [3.63, 3.8) is 0 Å². The van der Waals surface area contributed by atoms with E-state index < -0.39 is 138 Å². The predicted molar refractivity (Wildman–Crippen MR) is 412 cm³/mol. The Morgan fingerprint density at radius 1 is 0.550 bits per heavy atom. The standard InChI is InChI=1S/C40H50N6O8S.C37H45N5O7.C3H7NO2S/c1-39(2,3)54-38(50)42-31-18-11-6-4-5-10-16-27-23-40(27,36(49)44-55(51,52)29-20-21-29)43-34(47)33-22-28(25-45(33)35(31)48)53-37-41-30-17-12-13-19-32(30)46(37)24-26-14-8-7-9-15-26;1-36(2,3)49-35(47)39-28-18-11-6-4-5-10-16-25-21-37(25,33(45)46)40-31(43)30-20-26(23-41(30)32(28)44)48-34-38-27-17-12-13-19-29(27)42(34)22-24-14-8-7-9-15-24;4-7(5,6)3-1-2-3/h7-10,12-17,19,27-29,31,33H,4-6,11,18,20-25H2,1-3H3,(H,42,50)(H,43,47)(H,44,49);7-10,12-17,19,25-26,28,30H,4-6,11,18,20-23H2,1-3H3,(H,39,47)(H,40,43)(H,45,46);3H,1-2H2,(H2,4,5,6)/b2*16-10-;/t27-,28-,31+,33+,40-;25-,26-,28+,30+,37-;/m11./s1. The van der Waals surface area contributed by atoms with E-state index in [-0.39, 0.29) is 49.9 Å². The summed E-state index contributed by atoms with van der Waals surface area (Å²) in [5.41, 5.74) is 0.764. The van der Waals surface area contributed by atoms with Crippen molar-refractivity contribution in [2.45, 2.75) is 239 Å². The van der Waals surface area contributed by atoms with Crippen molar-refractivity contribution in [1.29, 1.82) is 0 Å². The van der Waals surface area contributed by atoms with Gasteiger partial charge in [-0.05, 0) is 154 Å². The summed E-state index contributed by atoms with van der Waals surface area (Å²) in [5, 5.41) is 25.3. The molecule has 8 N–H and O–H groups in total. The van der Waals surface area contributed by atoms with Gasteiger partial charge in [-0.3, -0.25) is 37.8 Å². The summed E-state index contributed by atoms with van der Waals surface area (Å²) >= 11 is 0. The van der Waals surface area contributed by atoms with E-state index in [0.29, 0.717) is 70.1 Å². The van der Waals surface area contributed by atoms with E-state index in [1.54, 1.807) is 41.5 Å². The van der Waals surface area contributed by atoms with Crippen LogP contribution in [0.1, 0.15) is 168 Å². The molecule has 14 rings (SSSR count). The number of nitrogens with two attached hydrogens (primary N) is 1. The second-order valence-electron chi connectivity index (χ2n) is 32.2. The normalized spacial score (nSPS) is 26.5. The van der Waals surface area contributed by atoms with Crippen LogP contribution in [0.2, 0.25) is 0 Å². The van der Waals surface area contributed by atoms with Gasteiger partial charge in [0.2, 0.25) is 43.7 Å². The highest BCUT2D eigenvalue weighted by atomic mass is 32.2. The molecule has 4 aliphatic carbocycles. The number of hydrogen-bond donors (Lipinski definition) is 7. The molecule has 0 unspecified atom stereocenters. The van der Waals surface area contributed by atoms with E-state index in [0.717, 1.165) is 78.1 Å². The molecule has 111 heavy (non-hydrogen) atoms. The number of para-hydroxylation sites is 4. The van der Waals surface area contributed by atoms with Crippen LogP contribution in [0.25, 0.3) is 22.1 Å². The molecule has 29 nitrogen and oxygen atoms in total. The third-order valence-corrected chi connectivity index (χ3v) is 24.2. The Kier molecular flexibility index (Phi) is 24.4. The van der Waals surface area contributed by atoms with E-state index in [1.165, 1.54) is 9.80 Å². The van der Waals surface area contributed by atoms with Crippen LogP contribution in [0.3, 0.4) is 0 Å². The van der Waals surface area contributed by atoms with E-state index in [1.807, 2.05) is 143 Å². The lowest BCUT2D eigenvalue weighted by atomic mass is 10.0. The molecule has 4 aliphatic heterocycles. The van der Waals surface area contributed by atoms with Gasteiger partial charge in [0, 0.05) is 24.7 Å². The summed E-state index contributed by atoms with van der Waals surface area (Å²) in [7, 11) is -7.02. The highest BCUT2D eigenvalue weighted by Gasteiger charge is 2.63. The van der Waals surface area contributed by atoms with Crippen LogP contribution in [0, 0.1) is 11.8 Å². The third-order valence-electron chi connectivity index (χ3n) is 21.0. The van der Waals surface area contributed by atoms with Crippen molar-refractivity contribution in [2.75, 3.05) is 13.1 Å². The smallest absolute Gasteiger partial charge is 0.408 e. The summed E-state index contributed by atoms with van der Waals surface area (Å²) in [6.45, 7) is 11.4. The van der Waals surface area contributed by atoms with Crippen molar-refractivity contribution in [3.8, 4) is 12.0 Å². The van der Waals surface area contributed by atoms with Crippen molar-refractivity contribution in [1.82, 2.24) is 54.9 Å². The Balaban J connectivity index is 0.000000190. The number of primary sulfonamides is 1. The molecule has 7 amide bonds. The minimum Gasteiger partial charge on any atom is -0.479 e. The summed E-state index contributed by atoms with van der Waals surface area (Å²) in [6.07, 6.45) is 14.6. The number of sulfonamides is 2. The van der Waals surface area contributed by atoms with Gasteiger partial charge in [-0.15, -0.1) is 0 Å². The van der Waals surface area contributed by atoms with Crippen LogP contribution in [-0.4, -0.2) is 181 Å². The van der Waals surface area contributed by atoms with E-state index in [2.05, 4.69) is 26.0 Å². The van der Waals surface area contributed by atoms with E-state index in [9.17, 15) is 60.3 Å². The molecular weight excluding hydrogens is 1470 g/mol. The summed E-state index contributed by atoms with van der Waals surface area (Å²) < 4.78 is 76.4. The Labute approximate surface area is 646 Å². The lowest BCUT2D eigenvalue weighted by Crippen LogP contribution is -2.58. The minimum atomic E-state index is -3.89. The van der Waals surface area contributed by atoms with Crippen LogP contribution in [0.5, 0.6) is 12.0 Å². The number of alkyl carbamates (subject to hydrolysis) is 2. The Morgan fingerprint density at radius 2 is 0.955 bits per heavy atom. The first-order valence-corrected chi connectivity index (χ1v) is 41.6. The number of carbonyl (C=O) groups is 8. The number of rotatable bonds is 15. The molecule has 0 spiro atoms. The van der Waals surface area contributed by atoms with Crippen molar-refractivity contribution in [3.05, 3.63) is 145 Å². The summed E-state index contributed by atoms with van der Waals surface area (Å²) in [6, 6.07) is 31.7. The number of nitrogens with one attached hydrogen (secondary N) is 5. The molecule has 6 aromatic rings. The van der Waals surface area contributed by atoms with Gasteiger partial charge in [-0.1, -0.05) is 135 Å². The van der Waals surface area contributed by atoms with Crippen molar-refractivity contribution >= 4 is 89.8 Å². The number of amides is 7. The van der Waals surface area contributed by atoms with Crippen LogP contribution in [0.4, 0.5) is 9.59 Å². The molecule has 6 fully saturated rings. The lowest BCUT2D eigenvalue weighted by molar-refractivity contribution is -0.145. The molecule has 596 valence electrons. The van der Waals surface area contributed by atoms with Gasteiger partial charge < -0.3 is 55.1 Å². The van der Waals surface area contributed by atoms with Gasteiger partial charge in [0.25, 0.3) is 17.9 Å². The number of hydrogen-bond acceptors (Lipinski definition) is 18. The van der Waals surface area contributed by atoms with Crippen molar-refractivity contribution in [2.24, 2.45) is 17.0 Å². The average molecular weight is 1570 g/mol. The fourth-order valence-electron chi connectivity index (χ4n) is 14.7. The quantitative estimate of drug-likeness (QED) is 0.0473. The maximum Gasteiger partial charge on any atom is 0.408 e. The first-order chi connectivity index (χ1) is 52.8. The number of carboxylic acids is 1. The second kappa shape index (κ2) is 33.6. The molecule has 0 radical (unpaired) electrons. The molecule has 2 saturated heterocycles. The Bertz CT molecular complexity index is 4720. The molecular formula is C80H102N12O17S2. The largest absolute Gasteiger partial charge is 0.479 e. The van der Waals surface area contributed by atoms with Crippen LogP contribution < -0.4 is 40.6 Å². The highest BCUT2D eigenvalue weighted by molar-refractivity contribution is 7.91. The Morgan fingerprint density at radius 3 is 1.36 bits per heavy atom. The monoisotopic (exact) mass is 1570 g/mol. The summed E-state index contributed by atoms with van der Waals surface area (Å²) in [5.74, 6) is -4.76. The summed E-state index contributed by atoms with van der Waals surface area (Å²) in [4.78, 5) is 122. The highest BCUT2D eigenvalue weighted by Crippen LogP contribution is 2.47. The fraction of sp³-hybridized carbons (Fsp3) is 0.525. The Hall–Kier alpha value is -9.88. The second-order valence-corrected chi connectivity index (χ2v) is 36.0.